The molecule has 1 unspecified atom stereocenters. The van der Waals surface area contributed by atoms with Crippen molar-refractivity contribution in [3.8, 4) is 0 Å². The average Bonchev–Trinajstić information content (AvgIpc) is 2.37. The summed E-state index contributed by atoms with van der Waals surface area (Å²) in [7, 11) is 0. The molecular formula is C14H15FN2. The van der Waals surface area contributed by atoms with Gasteiger partial charge in [0, 0.05) is 18.8 Å². The fraction of sp³-hybridized carbons (Fsp3) is 0.214. The van der Waals surface area contributed by atoms with Crippen LogP contribution in [0.1, 0.15) is 24.2 Å². The minimum atomic E-state index is -0.199. The second-order valence-corrected chi connectivity index (χ2v) is 3.99. The summed E-state index contributed by atoms with van der Waals surface area (Å²) in [6.07, 6.45) is 1.77. The first-order valence-electron chi connectivity index (χ1n) is 5.64. The van der Waals surface area contributed by atoms with E-state index in [9.17, 15) is 4.39 Å². The lowest BCUT2D eigenvalue weighted by atomic mass is 10.2. The van der Waals surface area contributed by atoms with E-state index in [0.717, 1.165) is 11.3 Å². The van der Waals surface area contributed by atoms with Gasteiger partial charge in [0.2, 0.25) is 0 Å². The molecule has 1 aromatic carbocycles. The van der Waals surface area contributed by atoms with E-state index in [2.05, 4.69) is 10.3 Å². The third-order valence-corrected chi connectivity index (χ3v) is 2.63. The molecule has 1 N–H and O–H groups in total. The third kappa shape index (κ3) is 3.36. The van der Waals surface area contributed by atoms with Gasteiger partial charge in [-0.1, -0.05) is 18.2 Å². The normalized spacial score (nSPS) is 12.4. The molecule has 88 valence electrons. The van der Waals surface area contributed by atoms with Crippen molar-refractivity contribution in [3.63, 3.8) is 0 Å². The van der Waals surface area contributed by atoms with E-state index in [-0.39, 0.29) is 11.9 Å². The van der Waals surface area contributed by atoms with Gasteiger partial charge in [-0.05, 0) is 36.8 Å². The van der Waals surface area contributed by atoms with Crippen molar-refractivity contribution in [2.24, 2.45) is 0 Å². The molecule has 0 fully saturated rings. The predicted octanol–water partition coefficient (Wildman–Crippen LogP) is 3.07. The summed E-state index contributed by atoms with van der Waals surface area (Å²) in [5.41, 5.74) is 1.93. The number of nitrogens with zero attached hydrogens (tertiary/aromatic N) is 1. The molecule has 2 nitrogen and oxygen atoms in total. The molecule has 0 amide bonds. The molecule has 0 spiro atoms. The fourth-order valence-corrected chi connectivity index (χ4v) is 1.65. The molecule has 0 bridgehead atoms. The highest BCUT2D eigenvalue weighted by molar-refractivity contribution is 5.16. The average molecular weight is 230 g/mol. The molecule has 17 heavy (non-hydrogen) atoms. The molecular weight excluding hydrogens is 215 g/mol. The zero-order valence-electron chi connectivity index (χ0n) is 9.73. The van der Waals surface area contributed by atoms with E-state index >= 15 is 0 Å². The molecule has 1 heterocycles. The Morgan fingerprint density at radius 2 is 2.12 bits per heavy atom. The molecule has 2 aromatic rings. The third-order valence-electron chi connectivity index (χ3n) is 2.63. The summed E-state index contributed by atoms with van der Waals surface area (Å²) >= 11 is 0. The summed E-state index contributed by atoms with van der Waals surface area (Å²) in [5.74, 6) is -0.199. The highest BCUT2D eigenvalue weighted by Crippen LogP contribution is 2.10. The first-order valence-corrected chi connectivity index (χ1v) is 5.64. The van der Waals surface area contributed by atoms with E-state index in [0.29, 0.717) is 6.54 Å². The van der Waals surface area contributed by atoms with Crippen LogP contribution < -0.4 is 5.32 Å². The number of hydrogen-bond donors (Lipinski definition) is 1. The summed E-state index contributed by atoms with van der Waals surface area (Å²) in [4.78, 5) is 4.27. The Bertz CT molecular complexity index is 471. The Kier molecular flexibility index (Phi) is 3.83. The second kappa shape index (κ2) is 5.55. The maximum absolute atomic E-state index is 13.0. The molecule has 0 saturated carbocycles. The molecule has 2 rings (SSSR count). The number of hydrogen-bond acceptors (Lipinski definition) is 2. The molecule has 1 aromatic heterocycles. The number of halogens is 1. The quantitative estimate of drug-likeness (QED) is 0.873. The molecule has 0 saturated heterocycles. The van der Waals surface area contributed by atoms with Crippen LogP contribution in [0.25, 0.3) is 0 Å². The van der Waals surface area contributed by atoms with Gasteiger partial charge < -0.3 is 5.32 Å². The smallest absolute Gasteiger partial charge is 0.123 e. The zero-order chi connectivity index (χ0) is 12.1. The van der Waals surface area contributed by atoms with Crippen molar-refractivity contribution >= 4 is 0 Å². The van der Waals surface area contributed by atoms with Crippen LogP contribution in [0.5, 0.6) is 0 Å². The SMILES string of the molecule is CC(NCc1cccc(F)c1)c1ccccn1. The predicted molar refractivity (Wildman–Crippen MR) is 65.9 cm³/mol. The molecule has 0 aliphatic heterocycles. The maximum atomic E-state index is 13.0. The summed E-state index contributed by atoms with van der Waals surface area (Å²) < 4.78 is 13.0. The molecule has 0 aliphatic carbocycles. The lowest BCUT2D eigenvalue weighted by molar-refractivity contribution is 0.557. The van der Waals surface area contributed by atoms with Crippen LogP contribution in [0.3, 0.4) is 0 Å². The van der Waals surface area contributed by atoms with Gasteiger partial charge in [-0.3, -0.25) is 4.98 Å². The highest BCUT2D eigenvalue weighted by atomic mass is 19.1. The van der Waals surface area contributed by atoms with Crippen LogP contribution in [0.2, 0.25) is 0 Å². The first kappa shape index (κ1) is 11.7. The summed E-state index contributed by atoms with van der Waals surface area (Å²) in [5, 5.41) is 3.31. The fourth-order valence-electron chi connectivity index (χ4n) is 1.65. The van der Waals surface area contributed by atoms with E-state index in [1.807, 2.05) is 31.2 Å². The van der Waals surface area contributed by atoms with Crippen LogP contribution >= 0.6 is 0 Å². The number of benzene rings is 1. The Balaban J connectivity index is 1.95. The maximum Gasteiger partial charge on any atom is 0.123 e. The van der Waals surface area contributed by atoms with Gasteiger partial charge in [-0.15, -0.1) is 0 Å². The van der Waals surface area contributed by atoms with Gasteiger partial charge in [0.25, 0.3) is 0 Å². The van der Waals surface area contributed by atoms with E-state index in [1.54, 1.807) is 12.3 Å². The Morgan fingerprint density at radius 3 is 2.82 bits per heavy atom. The minimum Gasteiger partial charge on any atom is -0.305 e. The number of pyridine rings is 1. The Morgan fingerprint density at radius 1 is 1.24 bits per heavy atom. The standard InChI is InChI=1S/C14H15FN2/c1-11(14-7-2-3-8-16-14)17-10-12-5-4-6-13(15)9-12/h2-9,11,17H,10H2,1H3. The van der Waals surface area contributed by atoms with Gasteiger partial charge in [-0.25, -0.2) is 4.39 Å². The highest BCUT2D eigenvalue weighted by Gasteiger charge is 2.05. The van der Waals surface area contributed by atoms with Gasteiger partial charge in [0.05, 0.1) is 5.69 Å². The van der Waals surface area contributed by atoms with Gasteiger partial charge in [0.15, 0.2) is 0 Å². The van der Waals surface area contributed by atoms with Crippen LogP contribution in [0.15, 0.2) is 48.7 Å². The minimum absolute atomic E-state index is 0.152. The summed E-state index contributed by atoms with van der Waals surface area (Å²) in [6, 6.07) is 12.6. The van der Waals surface area contributed by atoms with Crippen LogP contribution in [-0.4, -0.2) is 4.98 Å². The number of rotatable bonds is 4. The number of nitrogens with one attached hydrogen (secondary N) is 1. The van der Waals surface area contributed by atoms with Crippen molar-refractivity contribution in [1.29, 1.82) is 0 Å². The molecule has 3 heteroatoms. The largest absolute Gasteiger partial charge is 0.305 e. The first-order chi connectivity index (χ1) is 8.25. The monoisotopic (exact) mass is 230 g/mol. The molecule has 0 aliphatic rings. The van der Waals surface area contributed by atoms with Crippen LogP contribution in [-0.2, 0) is 6.54 Å². The van der Waals surface area contributed by atoms with Crippen LogP contribution in [0, 0.1) is 5.82 Å². The van der Waals surface area contributed by atoms with Crippen molar-refractivity contribution in [1.82, 2.24) is 10.3 Å². The Hall–Kier alpha value is -1.74. The molecule has 0 radical (unpaired) electrons. The lowest BCUT2D eigenvalue weighted by Gasteiger charge is -2.13. The van der Waals surface area contributed by atoms with E-state index in [1.165, 1.54) is 12.1 Å². The topological polar surface area (TPSA) is 24.9 Å². The summed E-state index contributed by atoms with van der Waals surface area (Å²) in [6.45, 7) is 2.68. The van der Waals surface area contributed by atoms with Gasteiger partial charge in [0.1, 0.15) is 5.82 Å². The van der Waals surface area contributed by atoms with Gasteiger partial charge >= 0.3 is 0 Å². The number of aromatic nitrogens is 1. The lowest BCUT2D eigenvalue weighted by Crippen LogP contribution is -2.18. The van der Waals surface area contributed by atoms with Crippen LogP contribution in [0.4, 0.5) is 4.39 Å². The van der Waals surface area contributed by atoms with Crippen molar-refractivity contribution in [2.75, 3.05) is 0 Å². The second-order valence-electron chi connectivity index (χ2n) is 3.99. The Labute approximate surface area is 101 Å². The van der Waals surface area contributed by atoms with E-state index < -0.39 is 0 Å². The zero-order valence-corrected chi connectivity index (χ0v) is 9.73. The van der Waals surface area contributed by atoms with Gasteiger partial charge in [-0.2, -0.15) is 0 Å². The van der Waals surface area contributed by atoms with Crippen molar-refractivity contribution in [2.45, 2.75) is 19.5 Å². The molecule has 1 atom stereocenters. The van der Waals surface area contributed by atoms with E-state index in [4.69, 9.17) is 0 Å². The van der Waals surface area contributed by atoms with Crippen molar-refractivity contribution in [3.05, 3.63) is 65.7 Å². The van der Waals surface area contributed by atoms with Crippen molar-refractivity contribution < 1.29 is 4.39 Å².